The highest BCUT2D eigenvalue weighted by molar-refractivity contribution is 5.74. The van der Waals surface area contributed by atoms with Crippen LogP contribution in [0.4, 0.5) is 22.0 Å². The Morgan fingerprint density at radius 2 is 1.71 bits per heavy atom. The number of carbonyl (C=O) groups is 1. The zero-order chi connectivity index (χ0) is 27.9. The second kappa shape index (κ2) is 12.8. The Balaban J connectivity index is 1.73. The SMILES string of the molecule is CCc1cc(OCC[C@@H](C)Oc2ccc(C(F)(F)F)cc2-c2ccccc2C(F)F)ccc1CCC(=O)O. The van der Waals surface area contributed by atoms with Gasteiger partial charge in [-0.05, 0) is 66.8 Å². The van der Waals surface area contributed by atoms with Gasteiger partial charge in [0.2, 0.25) is 0 Å². The van der Waals surface area contributed by atoms with Gasteiger partial charge in [0, 0.05) is 24.0 Å². The monoisotopic (exact) mass is 536 g/mol. The smallest absolute Gasteiger partial charge is 0.416 e. The van der Waals surface area contributed by atoms with Gasteiger partial charge in [0.25, 0.3) is 6.43 Å². The fourth-order valence-corrected chi connectivity index (χ4v) is 4.08. The minimum absolute atomic E-state index is 0.0258. The van der Waals surface area contributed by atoms with Crippen molar-refractivity contribution in [3.05, 3.63) is 82.9 Å². The van der Waals surface area contributed by atoms with E-state index in [0.29, 0.717) is 25.0 Å². The molecule has 0 unspecified atom stereocenters. The van der Waals surface area contributed by atoms with Crippen molar-refractivity contribution in [3.8, 4) is 22.6 Å². The first-order valence-electron chi connectivity index (χ1n) is 12.2. The lowest BCUT2D eigenvalue weighted by Crippen LogP contribution is -2.17. The minimum Gasteiger partial charge on any atom is -0.493 e. The van der Waals surface area contributed by atoms with E-state index in [9.17, 15) is 26.7 Å². The third-order valence-corrected chi connectivity index (χ3v) is 6.08. The van der Waals surface area contributed by atoms with E-state index in [1.165, 1.54) is 24.3 Å². The second-order valence-corrected chi connectivity index (χ2v) is 8.84. The van der Waals surface area contributed by atoms with Gasteiger partial charge in [-0.25, -0.2) is 8.78 Å². The molecule has 0 aliphatic heterocycles. The van der Waals surface area contributed by atoms with Gasteiger partial charge in [-0.1, -0.05) is 37.3 Å². The molecule has 1 atom stereocenters. The Hall–Kier alpha value is -3.62. The molecule has 0 bridgehead atoms. The summed E-state index contributed by atoms with van der Waals surface area (Å²) < 4.78 is 79.1. The van der Waals surface area contributed by atoms with Crippen LogP contribution in [0.25, 0.3) is 11.1 Å². The number of hydrogen-bond donors (Lipinski definition) is 1. The molecule has 204 valence electrons. The quantitative estimate of drug-likeness (QED) is 0.238. The highest BCUT2D eigenvalue weighted by atomic mass is 19.4. The fourth-order valence-electron chi connectivity index (χ4n) is 4.08. The van der Waals surface area contributed by atoms with E-state index >= 15 is 0 Å². The first-order valence-corrected chi connectivity index (χ1v) is 12.2. The third kappa shape index (κ3) is 7.69. The van der Waals surface area contributed by atoms with Gasteiger partial charge in [-0.3, -0.25) is 4.79 Å². The molecule has 0 aliphatic rings. The summed E-state index contributed by atoms with van der Waals surface area (Å²) in [6.45, 7) is 3.92. The molecule has 0 aliphatic carbocycles. The van der Waals surface area contributed by atoms with Crippen LogP contribution >= 0.6 is 0 Å². The van der Waals surface area contributed by atoms with Crippen molar-refractivity contribution in [3.63, 3.8) is 0 Å². The van der Waals surface area contributed by atoms with Gasteiger partial charge >= 0.3 is 12.1 Å². The second-order valence-electron chi connectivity index (χ2n) is 8.84. The van der Waals surface area contributed by atoms with Gasteiger partial charge in [-0.2, -0.15) is 13.2 Å². The molecule has 0 fully saturated rings. The molecule has 0 heterocycles. The van der Waals surface area contributed by atoms with Crippen LogP contribution in [0.2, 0.25) is 0 Å². The lowest BCUT2D eigenvalue weighted by Gasteiger charge is -2.20. The molecule has 0 amide bonds. The predicted octanol–water partition coefficient (Wildman–Crippen LogP) is 8.13. The van der Waals surface area contributed by atoms with Gasteiger partial charge < -0.3 is 14.6 Å². The van der Waals surface area contributed by atoms with E-state index in [1.807, 2.05) is 19.1 Å². The maximum atomic E-state index is 13.6. The van der Waals surface area contributed by atoms with E-state index in [0.717, 1.165) is 29.3 Å². The van der Waals surface area contributed by atoms with Crippen LogP contribution in [-0.4, -0.2) is 23.8 Å². The predicted molar refractivity (Wildman–Crippen MR) is 134 cm³/mol. The number of carboxylic acids is 1. The molecule has 0 radical (unpaired) electrons. The van der Waals surface area contributed by atoms with Crippen molar-refractivity contribution in [2.24, 2.45) is 0 Å². The van der Waals surface area contributed by atoms with Crippen molar-refractivity contribution >= 4 is 5.97 Å². The summed E-state index contributed by atoms with van der Waals surface area (Å²) in [5, 5.41) is 8.92. The van der Waals surface area contributed by atoms with E-state index in [2.05, 4.69) is 0 Å². The Morgan fingerprint density at radius 3 is 2.37 bits per heavy atom. The zero-order valence-electron chi connectivity index (χ0n) is 21.0. The molecular weight excluding hydrogens is 507 g/mol. The van der Waals surface area contributed by atoms with Gasteiger partial charge in [0.15, 0.2) is 0 Å². The Kier molecular flexibility index (Phi) is 9.72. The van der Waals surface area contributed by atoms with E-state index in [1.54, 1.807) is 13.0 Å². The number of halogens is 5. The molecule has 0 spiro atoms. The summed E-state index contributed by atoms with van der Waals surface area (Å²) >= 11 is 0. The summed E-state index contributed by atoms with van der Waals surface area (Å²) in [6.07, 6.45) is -6.47. The molecule has 1 N–H and O–H groups in total. The van der Waals surface area contributed by atoms with Gasteiger partial charge in [-0.15, -0.1) is 0 Å². The highest BCUT2D eigenvalue weighted by Crippen LogP contribution is 2.41. The number of aliphatic carboxylic acids is 1. The first kappa shape index (κ1) is 28.9. The molecule has 3 aromatic rings. The number of ether oxygens (including phenoxy) is 2. The first-order chi connectivity index (χ1) is 18.0. The van der Waals surface area contributed by atoms with Crippen molar-refractivity contribution < 1.29 is 41.3 Å². The van der Waals surface area contributed by atoms with Gasteiger partial charge in [0.1, 0.15) is 11.5 Å². The largest absolute Gasteiger partial charge is 0.493 e. The lowest BCUT2D eigenvalue weighted by atomic mass is 9.97. The number of carboxylic acid groups (broad SMARTS) is 1. The summed E-state index contributed by atoms with van der Waals surface area (Å²) in [4.78, 5) is 10.9. The van der Waals surface area contributed by atoms with Crippen molar-refractivity contribution in [2.75, 3.05) is 6.61 Å². The molecule has 3 aromatic carbocycles. The van der Waals surface area contributed by atoms with Gasteiger partial charge in [0.05, 0.1) is 18.3 Å². The lowest BCUT2D eigenvalue weighted by molar-refractivity contribution is -0.138. The number of rotatable bonds is 12. The molecule has 0 saturated carbocycles. The van der Waals surface area contributed by atoms with E-state index < -0.39 is 30.2 Å². The summed E-state index contributed by atoms with van der Waals surface area (Å²) in [5.41, 5.74) is 0.498. The van der Waals surface area contributed by atoms with Crippen LogP contribution in [0, 0.1) is 0 Å². The normalized spacial score (nSPS) is 12.4. The number of alkyl halides is 5. The van der Waals surface area contributed by atoms with Crippen LogP contribution in [-0.2, 0) is 23.8 Å². The average Bonchev–Trinajstić information content (AvgIpc) is 2.87. The number of benzene rings is 3. The number of aryl methyl sites for hydroxylation is 2. The summed E-state index contributed by atoms with van der Waals surface area (Å²) in [6, 6.07) is 13.7. The maximum Gasteiger partial charge on any atom is 0.416 e. The number of hydrogen-bond acceptors (Lipinski definition) is 3. The van der Waals surface area contributed by atoms with Crippen molar-refractivity contribution in [2.45, 2.75) is 58.2 Å². The molecule has 38 heavy (non-hydrogen) atoms. The topological polar surface area (TPSA) is 55.8 Å². The molecule has 3 rings (SSSR count). The Bertz CT molecular complexity index is 1240. The Labute approximate surface area is 218 Å². The average molecular weight is 537 g/mol. The van der Waals surface area contributed by atoms with Crippen molar-refractivity contribution in [1.82, 2.24) is 0 Å². The standard InChI is InChI=1S/C29H29F5O4/c1-3-19-16-22(11-8-20(19)9-13-27(35)36)37-15-14-18(2)38-26-12-10-21(29(32,33)34)17-25(26)23-6-4-5-7-24(23)28(30)31/h4-8,10-12,16-18,28H,3,9,13-15H2,1-2H3,(H,35,36)/t18-/m1/s1. The van der Waals surface area contributed by atoms with Crippen LogP contribution in [0.1, 0.15) is 55.4 Å². The van der Waals surface area contributed by atoms with Crippen LogP contribution in [0.3, 0.4) is 0 Å². The molecule has 4 nitrogen and oxygen atoms in total. The minimum atomic E-state index is -4.65. The zero-order valence-corrected chi connectivity index (χ0v) is 21.0. The maximum absolute atomic E-state index is 13.6. The Morgan fingerprint density at radius 1 is 0.974 bits per heavy atom. The molecule has 0 aromatic heterocycles. The molecule has 0 saturated heterocycles. The van der Waals surface area contributed by atoms with E-state index in [4.69, 9.17) is 14.6 Å². The van der Waals surface area contributed by atoms with Crippen LogP contribution in [0.5, 0.6) is 11.5 Å². The fraction of sp³-hybridized carbons (Fsp3) is 0.345. The third-order valence-electron chi connectivity index (χ3n) is 6.08. The van der Waals surface area contributed by atoms with Crippen LogP contribution < -0.4 is 9.47 Å². The molecular formula is C29H29F5O4. The van der Waals surface area contributed by atoms with Crippen LogP contribution in [0.15, 0.2) is 60.7 Å². The summed E-state index contributed by atoms with van der Waals surface area (Å²) in [5.74, 6) is -0.195. The molecule has 9 heteroatoms. The highest BCUT2D eigenvalue weighted by Gasteiger charge is 2.32. The van der Waals surface area contributed by atoms with E-state index in [-0.39, 0.29) is 35.5 Å². The van der Waals surface area contributed by atoms with Crippen molar-refractivity contribution in [1.29, 1.82) is 0 Å². The summed E-state index contributed by atoms with van der Waals surface area (Å²) in [7, 11) is 0.